The van der Waals surface area contributed by atoms with Crippen LogP contribution in [0.3, 0.4) is 0 Å². The molecule has 3 aromatic heterocycles. The van der Waals surface area contributed by atoms with Gasteiger partial charge in [-0.1, -0.05) is 0 Å². The van der Waals surface area contributed by atoms with Gasteiger partial charge in [-0.15, -0.1) is 11.3 Å². The van der Waals surface area contributed by atoms with Gasteiger partial charge in [0.25, 0.3) is 0 Å². The summed E-state index contributed by atoms with van der Waals surface area (Å²) < 4.78 is 0. The minimum Gasteiger partial charge on any atom is -0.324 e. The number of hydrogen-bond acceptors (Lipinski definition) is 8. The van der Waals surface area contributed by atoms with E-state index in [4.69, 9.17) is 0 Å². The lowest BCUT2D eigenvalue weighted by molar-refractivity contribution is 0.177. The lowest BCUT2D eigenvalue weighted by Crippen LogP contribution is -2.33. The molecule has 0 spiro atoms. The van der Waals surface area contributed by atoms with E-state index in [-0.39, 0.29) is 0 Å². The van der Waals surface area contributed by atoms with Crippen LogP contribution in [0.15, 0.2) is 42.7 Å². The van der Waals surface area contributed by atoms with Crippen molar-refractivity contribution in [1.82, 2.24) is 29.8 Å². The van der Waals surface area contributed by atoms with Gasteiger partial charge in [0.1, 0.15) is 18.0 Å². The van der Waals surface area contributed by atoms with Crippen LogP contribution in [0.25, 0.3) is 0 Å². The first-order chi connectivity index (χ1) is 12.8. The summed E-state index contributed by atoms with van der Waals surface area (Å²) in [7, 11) is 0. The second-order valence-corrected chi connectivity index (χ2v) is 7.47. The molecule has 0 unspecified atom stereocenters. The second-order valence-electron chi connectivity index (χ2n) is 6.50. The highest BCUT2D eigenvalue weighted by molar-refractivity contribution is 7.09. The lowest BCUT2D eigenvalue weighted by Gasteiger charge is -2.31. The van der Waals surface area contributed by atoms with Crippen molar-refractivity contribution in [2.75, 3.05) is 18.4 Å². The van der Waals surface area contributed by atoms with Crippen LogP contribution in [0.1, 0.15) is 23.4 Å². The molecule has 134 valence electrons. The number of likely N-dealkylation sites (tertiary alicyclic amines) is 1. The zero-order valence-corrected chi connectivity index (χ0v) is 15.3. The van der Waals surface area contributed by atoms with Crippen LogP contribution < -0.4 is 5.32 Å². The molecule has 0 aliphatic carbocycles. The molecule has 0 saturated carbocycles. The summed E-state index contributed by atoms with van der Waals surface area (Å²) in [4.78, 5) is 25.0. The number of aromatic nitrogens is 5. The van der Waals surface area contributed by atoms with Crippen LogP contribution >= 0.6 is 11.3 Å². The fourth-order valence-electron chi connectivity index (χ4n) is 3.26. The maximum atomic E-state index is 4.45. The number of rotatable bonds is 6. The number of hydrogen-bond donors (Lipinski definition) is 1. The average molecular weight is 367 g/mol. The third-order valence-electron chi connectivity index (χ3n) is 4.61. The number of anilines is 2. The highest BCUT2D eigenvalue weighted by atomic mass is 32.1. The molecule has 0 aromatic carbocycles. The van der Waals surface area contributed by atoms with E-state index in [9.17, 15) is 0 Å². The Labute approximate surface area is 156 Å². The van der Waals surface area contributed by atoms with Gasteiger partial charge in [0.2, 0.25) is 0 Å². The maximum Gasteiger partial charge on any atom is 0.150 e. The monoisotopic (exact) mass is 367 g/mol. The smallest absolute Gasteiger partial charge is 0.150 e. The minimum absolute atomic E-state index is 0.673. The van der Waals surface area contributed by atoms with Crippen LogP contribution in [-0.4, -0.2) is 42.9 Å². The Morgan fingerprint density at radius 1 is 1.04 bits per heavy atom. The van der Waals surface area contributed by atoms with E-state index in [1.807, 2.05) is 17.8 Å². The Bertz CT molecular complexity index is 801. The summed E-state index contributed by atoms with van der Waals surface area (Å²) in [5.41, 5.74) is 2.98. The summed E-state index contributed by atoms with van der Waals surface area (Å²) >= 11 is 1.74. The van der Waals surface area contributed by atoms with Crippen LogP contribution in [0, 0.1) is 5.92 Å². The minimum atomic E-state index is 0.673. The van der Waals surface area contributed by atoms with E-state index in [0.717, 1.165) is 37.6 Å². The fourth-order valence-corrected chi connectivity index (χ4v) is 3.89. The molecular weight excluding hydrogens is 346 g/mol. The van der Waals surface area contributed by atoms with Gasteiger partial charge in [0.05, 0.1) is 11.7 Å². The topological polar surface area (TPSA) is 79.7 Å². The van der Waals surface area contributed by atoms with E-state index in [1.54, 1.807) is 36.3 Å². The van der Waals surface area contributed by atoms with Gasteiger partial charge in [-0.25, -0.2) is 15.0 Å². The van der Waals surface area contributed by atoms with Gasteiger partial charge in [-0.2, -0.15) is 0 Å². The molecule has 8 heteroatoms. The Hall–Kier alpha value is -2.45. The molecule has 26 heavy (non-hydrogen) atoms. The first-order valence-corrected chi connectivity index (χ1v) is 9.67. The lowest BCUT2D eigenvalue weighted by atomic mass is 9.92. The molecule has 3 aromatic rings. The van der Waals surface area contributed by atoms with Gasteiger partial charge >= 0.3 is 0 Å². The molecular formula is C18H21N7S. The van der Waals surface area contributed by atoms with Crippen molar-refractivity contribution in [3.05, 3.63) is 53.3 Å². The zero-order chi connectivity index (χ0) is 17.6. The molecule has 7 nitrogen and oxygen atoms in total. The summed E-state index contributed by atoms with van der Waals surface area (Å²) in [5.74, 6) is 2.12. The van der Waals surface area contributed by atoms with Crippen molar-refractivity contribution < 1.29 is 0 Å². The quantitative estimate of drug-likeness (QED) is 0.717. The van der Waals surface area contributed by atoms with Crippen molar-refractivity contribution in [3.8, 4) is 0 Å². The van der Waals surface area contributed by atoms with Crippen molar-refractivity contribution >= 4 is 23.0 Å². The second kappa shape index (κ2) is 8.29. The molecule has 0 radical (unpaired) electrons. The molecule has 0 atom stereocenters. The Balaban J connectivity index is 1.30. The van der Waals surface area contributed by atoms with Gasteiger partial charge in [-0.05, 0) is 38.3 Å². The van der Waals surface area contributed by atoms with Crippen LogP contribution in [0.4, 0.5) is 11.6 Å². The van der Waals surface area contributed by atoms with Crippen molar-refractivity contribution in [3.63, 3.8) is 0 Å². The van der Waals surface area contributed by atoms with E-state index < -0.39 is 0 Å². The highest BCUT2D eigenvalue weighted by Gasteiger charge is 2.20. The Kier molecular flexibility index (Phi) is 5.41. The van der Waals surface area contributed by atoms with E-state index in [0.29, 0.717) is 11.7 Å². The summed E-state index contributed by atoms with van der Waals surface area (Å²) in [6.45, 7) is 3.30. The van der Waals surface area contributed by atoms with Crippen molar-refractivity contribution in [2.24, 2.45) is 5.92 Å². The van der Waals surface area contributed by atoms with Gasteiger partial charge in [0, 0.05) is 41.8 Å². The van der Waals surface area contributed by atoms with Crippen LogP contribution in [0.5, 0.6) is 0 Å². The van der Waals surface area contributed by atoms with E-state index in [1.165, 1.54) is 17.7 Å². The fraction of sp³-hybridized carbons (Fsp3) is 0.389. The Morgan fingerprint density at radius 3 is 2.73 bits per heavy atom. The molecule has 1 N–H and O–H groups in total. The summed E-state index contributed by atoms with van der Waals surface area (Å²) in [5, 5.41) is 3.18. The maximum absolute atomic E-state index is 4.45. The molecule has 1 saturated heterocycles. The van der Waals surface area contributed by atoms with E-state index >= 15 is 0 Å². The average Bonchev–Trinajstić information content (AvgIpc) is 3.18. The molecule has 1 fully saturated rings. The largest absolute Gasteiger partial charge is 0.324 e. The standard InChI is InChI=1S/C18H21N7S/c1-5-25(11-16-9-20-13-26-16)6-2-14(1)7-15-8-17(23-12-22-15)24-18-10-19-3-4-21-18/h3-4,8-10,12-14H,1-2,5-7,11H2,(H,21,22,23,24). The number of nitrogens with one attached hydrogen (secondary N) is 1. The van der Waals surface area contributed by atoms with Crippen molar-refractivity contribution in [1.29, 1.82) is 0 Å². The van der Waals surface area contributed by atoms with Crippen LogP contribution in [-0.2, 0) is 13.0 Å². The Morgan fingerprint density at radius 2 is 1.96 bits per heavy atom. The van der Waals surface area contributed by atoms with E-state index in [2.05, 4.69) is 35.1 Å². The molecule has 4 heterocycles. The molecule has 0 amide bonds. The predicted octanol–water partition coefficient (Wildman–Crippen LogP) is 2.92. The van der Waals surface area contributed by atoms with Gasteiger partial charge in [0.15, 0.2) is 0 Å². The number of thiazole rings is 1. The first kappa shape index (κ1) is 17.0. The van der Waals surface area contributed by atoms with Crippen LogP contribution in [0.2, 0.25) is 0 Å². The number of piperidine rings is 1. The first-order valence-electron chi connectivity index (χ1n) is 8.79. The molecule has 1 aliphatic heterocycles. The number of nitrogens with zero attached hydrogens (tertiary/aromatic N) is 6. The molecule has 4 rings (SSSR count). The normalized spacial score (nSPS) is 15.8. The summed E-state index contributed by atoms with van der Waals surface area (Å²) in [6, 6.07) is 2.01. The zero-order valence-electron chi connectivity index (χ0n) is 14.5. The van der Waals surface area contributed by atoms with Gasteiger partial charge < -0.3 is 5.32 Å². The SMILES string of the molecule is c1cnc(Nc2cc(CC3CCN(Cc4cncs4)CC3)ncn2)cn1. The molecule has 0 bridgehead atoms. The third-order valence-corrected chi connectivity index (χ3v) is 5.38. The molecule has 1 aliphatic rings. The third kappa shape index (κ3) is 4.59. The predicted molar refractivity (Wildman–Crippen MR) is 101 cm³/mol. The van der Waals surface area contributed by atoms with Gasteiger partial charge in [-0.3, -0.25) is 14.9 Å². The van der Waals surface area contributed by atoms with Crippen molar-refractivity contribution in [2.45, 2.75) is 25.8 Å². The highest BCUT2D eigenvalue weighted by Crippen LogP contribution is 2.23. The summed E-state index contributed by atoms with van der Waals surface area (Å²) in [6.07, 6.45) is 12.0.